The number of hydrogen-bond donors (Lipinski definition) is 1. The third-order valence-corrected chi connectivity index (χ3v) is 5.67. The molecule has 3 rings (SSSR count). The molecule has 1 heterocycles. The quantitative estimate of drug-likeness (QED) is 0.859. The van der Waals surface area contributed by atoms with Gasteiger partial charge in [0.05, 0.1) is 11.7 Å². The summed E-state index contributed by atoms with van der Waals surface area (Å²) in [4.78, 5) is 12.3. The molecule has 1 aliphatic carbocycles. The second-order valence-corrected chi connectivity index (χ2v) is 6.80. The fourth-order valence-corrected chi connectivity index (χ4v) is 4.58. The van der Waals surface area contributed by atoms with Gasteiger partial charge in [0.1, 0.15) is 4.90 Å². The molecule has 19 heavy (non-hydrogen) atoms. The normalized spacial score (nSPS) is 22.7. The maximum atomic E-state index is 12.6. The SMILES string of the molecule is O=C1Nc2ccccc2S(=O)(=O)N1C1CCCCC1. The molecule has 5 nitrogen and oxygen atoms in total. The number of urea groups is 1. The minimum Gasteiger partial charge on any atom is -0.306 e. The highest BCUT2D eigenvalue weighted by molar-refractivity contribution is 7.90. The van der Waals surface area contributed by atoms with Gasteiger partial charge >= 0.3 is 6.03 Å². The number of nitrogens with zero attached hydrogens (tertiary/aromatic N) is 1. The number of anilines is 1. The third-order valence-electron chi connectivity index (χ3n) is 3.77. The summed E-state index contributed by atoms with van der Waals surface area (Å²) in [6.45, 7) is 0. The molecule has 0 saturated heterocycles. The zero-order valence-corrected chi connectivity index (χ0v) is 11.3. The first-order valence-electron chi connectivity index (χ1n) is 6.55. The highest BCUT2D eigenvalue weighted by Gasteiger charge is 2.41. The summed E-state index contributed by atoms with van der Waals surface area (Å²) < 4.78 is 26.2. The first kappa shape index (κ1) is 12.5. The summed E-state index contributed by atoms with van der Waals surface area (Å²) in [5, 5.41) is 2.67. The Hall–Kier alpha value is -1.56. The topological polar surface area (TPSA) is 66.5 Å². The standard InChI is InChI=1S/C13H16N2O3S/c16-13-14-11-8-4-5-9-12(11)19(17,18)15(13)10-6-2-1-3-7-10/h4-5,8-10H,1-3,6-7H2,(H,14,16). The van der Waals surface area contributed by atoms with Crippen LogP contribution in [0.3, 0.4) is 0 Å². The number of sulfonamides is 1. The number of carbonyl (C=O) groups is 1. The van der Waals surface area contributed by atoms with Crippen LogP contribution in [0.1, 0.15) is 32.1 Å². The lowest BCUT2D eigenvalue weighted by Crippen LogP contribution is -2.50. The van der Waals surface area contributed by atoms with E-state index in [4.69, 9.17) is 0 Å². The van der Waals surface area contributed by atoms with E-state index >= 15 is 0 Å². The van der Waals surface area contributed by atoms with Gasteiger partial charge in [0.2, 0.25) is 0 Å². The lowest BCUT2D eigenvalue weighted by Gasteiger charge is -2.36. The van der Waals surface area contributed by atoms with Gasteiger partial charge in [-0.1, -0.05) is 31.4 Å². The van der Waals surface area contributed by atoms with Crippen LogP contribution in [0.5, 0.6) is 0 Å². The molecule has 0 radical (unpaired) electrons. The fourth-order valence-electron chi connectivity index (χ4n) is 2.86. The number of amides is 2. The van der Waals surface area contributed by atoms with Crippen LogP contribution >= 0.6 is 0 Å². The van der Waals surface area contributed by atoms with E-state index in [1.165, 1.54) is 0 Å². The van der Waals surface area contributed by atoms with Crippen LogP contribution in [0, 0.1) is 0 Å². The molecule has 1 N–H and O–H groups in total. The van der Waals surface area contributed by atoms with Crippen molar-refractivity contribution in [2.45, 2.75) is 43.0 Å². The monoisotopic (exact) mass is 280 g/mol. The number of para-hydroxylation sites is 1. The molecule has 1 fully saturated rings. The predicted molar refractivity (Wildman–Crippen MR) is 71.4 cm³/mol. The largest absolute Gasteiger partial charge is 0.336 e. The number of rotatable bonds is 1. The van der Waals surface area contributed by atoms with Crippen molar-refractivity contribution in [2.24, 2.45) is 0 Å². The van der Waals surface area contributed by atoms with Crippen LogP contribution < -0.4 is 5.32 Å². The predicted octanol–water partition coefficient (Wildman–Crippen LogP) is 2.56. The van der Waals surface area contributed by atoms with Crippen molar-refractivity contribution in [2.75, 3.05) is 5.32 Å². The second-order valence-electron chi connectivity index (χ2n) is 5.02. The maximum absolute atomic E-state index is 12.6. The summed E-state index contributed by atoms with van der Waals surface area (Å²) in [7, 11) is -3.71. The van der Waals surface area contributed by atoms with E-state index in [0.29, 0.717) is 5.69 Å². The molecular weight excluding hydrogens is 264 g/mol. The molecule has 0 bridgehead atoms. The molecule has 2 amide bonds. The lowest BCUT2D eigenvalue weighted by atomic mass is 9.96. The van der Waals surface area contributed by atoms with Crippen molar-refractivity contribution in [1.29, 1.82) is 0 Å². The van der Waals surface area contributed by atoms with Crippen molar-refractivity contribution in [3.05, 3.63) is 24.3 Å². The summed E-state index contributed by atoms with van der Waals surface area (Å²) in [5.74, 6) is 0. The van der Waals surface area contributed by atoms with E-state index in [0.717, 1.165) is 36.4 Å². The first-order chi connectivity index (χ1) is 9.10. The molecule has 1 saturated carbocycles. The summed E-state index contributed by atoms with van der Waals surface area (Å²) >= 11 is 0. The maximum Gasteiger partial charge on any atom is 0.336 e. The van der Waals surface area contributed by atoms with Crippen LogP contribution in [0.4, 0.5) is 10.5 Å². The van der Waals surface area contributed by atoms with E-state index in [1.54, 1.807) is 24.3 Å². The summed E-state index contributed by atoms with van der Waals surface area (Å²) in [6, 6.07) is 5.82. The van der Waals surface area contributed by atoms with Crippen LogP contribution in [0.15, 0.2) is 29.2 Å². The van der Waals surface area contributed by atoms with E-state index in [9.17, 15) is 13.2 Å². The van der Waals surface area contributed by atoms with Crippen LogP contribution in [-0.4, -0.2) is 24.8 Å². The van der Waals surface area contributed by atoms with Gasteiger partial charge in [0, 0.05) is 0 Å². The van der Waals surface area contributed by atoms with Crippen LogP contribution in [0.2, 0.25) is 0 Å². The minimum absolute atomic E-state index is 0.195. The number of fused-ring (bicyclic) bond motifs is 1. The van der Waals surface area contributed by atoms with Gasteiger partial charge in [0.25, 0.3) is 10.0 Å². The zero-order valence-electron chi connectivity index (χ0n) is 10.5. The average Bonchev–Trinajstić information content (AvgIpc) is 2.39. The number of nitrogens with one attached hydrogen (secondary N) is 1. The smallest absolute Gasteiger partial charge is 0.306 e. The van der Waals surface area contributed by atoms with Gasteiger partial charge in [-0.3, -0.25) is 0 Å². The van der Waals surface area contributed by atoms with E-state index in [1.807, 2.05) is 0 Å². The van der Waals surface area contributed by atoms with Gasteiger partial charge in [-0.15, -0.1) is 0 Å². The molecule has 102 valence electrons. The molecular formula is C13H16N2O3S. The van der Waals surface area contributed by atoms with Gasteiger partial charge < -0.3 is 5.32 Å². The average molecular weight is 280 g/mol. The molecule has 6 heteroatoms. The zero-order chi connectivity index (χ0) is 13.5. The van der Waals surface area contributed by atoms with Crippen LogP contribution in [0.25, 0.3) is 0 Å². The highest BCUT2D eigenvalue weighted by Crippen LogP contribution is 2.34. The van der Waals surface area contributed by atoms with E-state index in [-0.39, 0.29) is 10.9 Å². The Morgan fingerprint density at radius 1 is 1.11 bits per heavy atom. The Balaban J connectivity index is 2.04. The molecule has 1 aromatic carbocycles. The van der Waals surface area contributed by atoms with Crippen molar-refractivity contribution in [1.82, 2.24) is 4.31 Å². The summed E-state index contributed by atoms with van der Waals surface area (Å²) in [5.41, 5.74) is 0.375. The van der Waals surface area contributed by atoms with E-state index < -0.39 is 16.1 Å². The Morgan fingerprint density at radius 3 is 2.53 bits per heavy atom. The molecule has 2 aliphatic rings. The molecule has 0 unspecified atom stereocenters. The van der Waals surface area contributed by atoms with Crippen molar-refractivity contribution in [3.63, 3.8) is 0 Å². The van der Waals surface area contributed by atoms with Crippen molar-refractivity contribution >= 4 is 21.7 Å². The van der Waals surface area contributed by atoms with Crippen molar-refractivity contribution < 1.29 is 13.2 Å². The number of benzene rings is 1. The number of hydrogen-bond acceptors (Lipinski definition) is 3. The number of carbonyl (C=O) groups excluding carboxylic acids is 1. The fraction of sp³-hybridized carbons (Fsp3) is 0.462. The van der Waals surface area contributed by atoms with Crippen molar-refractivity contribution in [3.8, 4) is 0 Å². The van der Waals surface area contributed by atoms with Gasteiger partial charge in [-0.05, 0) is 25.0 Å². The molecule has 1 aromatic rings. The van der Waals surface area contributed by atoms with Crippen LogP contribution in [-0.2, 0) is 10.0 Å². The third kappa shape index (κ3) is 2.00. The molecule has 0 aromatic heterocycles. The highest BCUT2D eigenvalue weighted by atomic mass is 32.2. The first-order valence-corrected chi connectivity index (χ1v) is 7.99. The summed E-state index contributed by atoms with van der Waals surface area (Å²) in [6.07, 6.45) is 4.59. The Morgan fingerprint density at radius 2 is 1.79 bits per heavy atom. The molecule has 1 aliphatic heterocycles. The lowest BCUT2D eigenvalue weighted by molar-refractivity contribution is 0.211. The molecule has 0 spiro atoms. The van der Waals surface area contributed by atoms with Gasteiger partial charge in [0.15, 0.2) is 0 Å². The molecule has 0 atom stereocenters. The Labute approximate surface area is 112 Å². The second kappa shape index (κ2) is 4.52. The minimum atomic E-state index is -3.71. The Kier molecular flexibility index (Phi) is 2.97. The Bertz CT molecular complexity index is 606. The van der Waals surface area contributed by atoms with E-state index in [2.05, 4.69) is 5.32 Å². The van der Waals surface area contributed by atoms with Gasteiger partial charge in [-0.2, -0.15) is 0 Å². The van der Waals surface area contributed by atoms with Gasteiger partial charge in [-0.25, -0.2) is 17.5 Å².